The fourth-order valence-electron chi connectivity index (χ4n) is 3.22. The number of hydrogen-bond acceptors (Lipinski definition) is 5. The van der Waals surface area contributed by atoms with Crippen molar-refractivity contribution in [2.24, 2.45) is 0 Å². The third kappa shape index (κ3) is 7.31. The van der Waals surface area contributed by atoms with Crippen LogP contribution in [0.1, 0.15) is 47.0 Å². The molecule has 1 saturated heterocycles. The first-order valence-corrected chi connectivity index (χ1v) is 11.6. The first-order chi connectivity index (χ1) is 12.8. The Kier molecular flexibility index (Phi) is 8.38. The summed E-state index contributed by atoms with van der Waals surface area (Å²) in [6.07, 6.45) is 3.40. The van der Waals surface area contributed by atoms with Gasteiger partial charge in [0.25, 0.3) is 0 Å². The summed E-state index contributed by atoms with van der Waals surface area (Å²) in [7, 11) is -3.13. The van der Waals surface area contributed by atoms with Crippen LogP contribution in [0.5, 0.6) is 0 Å². The summed E-state index contributed by atoms with van der Waals surface area (Å²) in [6, 6.07) is 8.56. The number of anilines is 2. The van der Waals surface area contributed by atoms with Crippen molar-refractivity contribution in [1.29, 1.82) is 0 Å². The largest absolute Gasteiger partial charge is 0.385 e. The number of sulfonamides is 1. The van der Waals surface area contributed by atoms with Crippen LogP contribution in [0.3, 0.4) is 0 Å². The van der Waals surface area contributed by atoms with Crippen molar-refractivity contribution in [3.63, 3.8) is 0 Å². The third-order valence-electron chi connectivity index (χ3n) is 4.76. The van der Waals surface area contributed by atoms with E-state index in [9.17, 15) is 8.42 Å². The second-order valence-corrected chi connectivity index (χ2v) is 10.0. The predicted molar refractivity (Wildman–Crippen MR) is 113 cm³/mol. The highest BCUT2D eigenvalue weighted by Gasteiger charge is 2.22. The molecule has 0 aromatic heterocycles. The molecule has 1 aromatic rings. The first-order valence-electron chi connectivity index (χ1n) is 10.0. The van der Waals surface area contributed by atoms with E-state index in [-0.39, 0.29) is 17.5 Å². The minimum absolute atomic E-state index is 0.261. The van der Waals surface area contributed by atoms with Gasteiger partial charge in [-0.1, -0.05) is 6.42 Å². The molecule has 0 bridgehead atoms. The van der Waals surface area contributed by atoms with E-state index in [1.165, 1.54) is 5.69 Å². The maximum atomic E-state index is 11.6. The van der Waals surface area contributed by atoms with Crippen molar-refractivity contribution < 1.29 is 13.2 Å². The van der Waals surface area contributed by atoms with Gasteiger partial charge < -0.3 is 15.0 Å². The lowest BCUT2D eigenvalue weighted by molar-refractivity contribution is -0.00521. The topological polar surface area (TPSA) is 70.7 Å². The van der Waals surface area contributed by atoms with E-state index in [4.69, 9.17) is 4.74 Å². The van der Waals surface area contributed by atoms with Crippen molar-refractivity contribution in [3.8, 4) is 0 Å². The highest BCUT2D eigenvalue weighted by Crippen LogP contribution is 2.22. The van der Waals surface area contributed by atoms with Crippen molar-refractivity contribution in [3.05, 3.63) is 24.3 Å². The van der Waals surface area contributed by atoms with Crippen LogP contribution < -0.4 is 14.9 Å². The van der Waals surface area contributed by atoms with Crippen molar-refractivity contribution in [2.45, 2.75) is 64.4 Å². The molecule has 7 heteroatoms. The molecule has 0 spiro atoms. The molecule has 0 radical (unpaired) electrons. The monoisotopic (exact) mass is 397 g/mol. The van der Waals surface area contributed by atoms with Crippen LogP contribution in [-0.4, -0.2) is 52.1 Å². The second-order valence-electron chi connectivity index (χ2n) is 7.68. The van der Waals surface area contributed by atoms with Crippen molar-refractivity contribution >= 4 is 21.4 Å². The molecule has 2 N–H and O–H groups in total. The van der Waals surface area contributed by atoms with E-state index in [0.717, 1.165) is 44.6 Å². The fourth-order valence-corrected chi connectivity index (χ4v) is 3.98. The fraction of sp³-hybridized carbons (Fsp3) is 0.700. The zero-order chi connectivity index (χ0) is 19.9. The van der Waals surface area contributed by atoms with Gasteiger partial charge in [0.05, 0.1) is 17.5 Å². The first kappa shape index (κ1) is 22.0. The van der Waals surface area contributed by atoms with E-state index < -0.39 is 10.0 Å². The average molecular weight is 398 g/mol. The minimum Gasteiger partial charge on any atom is -0.385 e. The van der Waals surface area contributed by atoms with Crippen LogP contribution in [0.25, 0.3) is 0 Å². The molecule has 6 nitrogen and oxygen atoms in total. The highest BCUT2D eigenvalue weighted by atomic mass is 32.2. The summed E-state index contributed by atoms with van der Waals surface area (Å²) < 4.78 is 31.7. The number of nitrogens with zero attached hydrogens (tertiary/aromatic N) is 1. The molecule has 0 aliphatic carbocycles. The van der Waals surface area contributed by atoms with Gasteiger partial charge in [-0.2, -0.15) is 0 Å². The van der Waals surface area contributed by atoms with E-state index in [1.54, 1.807) is 13.8 Å². The Labute approximate surface area is 164 Å². The molecule has 27 heavy (non-hydrogen) atoms. The summed E-state index contributed by atoms with van der Waals surface area (Å²) >= 11 is 0. The van der Waals surface area contributed by atoms with Crippen LogP contribution in [0.15, 0.2) is 24.3 Å². The van der Waals surface area contributed by atoms with Crippen LogP contribution >= 0.6 is 0 Å². The number of ether oxygens (including phenoxy) is 1. The Morgan fingerprint density at radius 2 is 1.63 bits per heavy atom. The zero-order valence-electron chi connectivity index (χ0n) is 17.1. The molecule has 1 heterocycles. The molecule has 154 valence electrons. The molecule has 1 fully saturated rings. The van der Waals surface area contributed by atoms with Crippen LogP contribution in [-0.2, 0) is 14.8 Å². The number of rotatable bonds is 10. The number of unbranched alkanes of at least 4 members (excludes halogenated alkanes) is 2. The molecular weight excluding hydrogens is 362 g/mol. The molecule has 0 saturated carbocycles. The Balaban J connectivity index is 1.64. The average Bonchev–Trinajstić information content (AvgIpc) is 2.60. The summed E-state index contributed by atoms with van der Waals surface area (Å²) in [6.45, 7) is 10.9. The smallest absolute Gasteiger partial charge is 0.213 e. The standard InChI is InChI=1S/C20H35N3O3S/c1-16(2)27(24,25)22-13-7-5-6-12-21-19-8-10-20(11-9-19)23-14-17(3)26-18(4)15-23/h8-11,16-18,21-22H,5-7,12-15H2,1-4H3/t17-,18+. The lowest BCUT2D eigenvalue weighted by Crippen LogP contribution is -2.45. The Hall–Kier alpha value is -1.31. The third-order valence-corrected chi connectivity index (χ3v) is 6.61. The van der Waals surface area contributed by atoms with Gasteiger partial charge in [-0.3, -0.25) is 0 Å². The van der Waals surface area contributed by atoms with Crippen LogP contribution in [0.4, 0.5) is 11.4 Å². The van der Waals surface area contributed by atoms with E-state index >= 15 is 0 Å². The SMILES string of the molecule is CC(C)S(=O)(=O)NCCCCCNc1ccc(N2C[C@@H](C)O[C@@H](C)C2)cc1. The molecule has 2 rings (SSSR count). The van der Waals surface area contributed by atoms with Gasteiger partial charge in [0.15, 0.2) is 0 Å². The maximum Gasteiger partial charge on any atom is 0.213 e. The summed E-state index contributed by atoms with van der Waals surface area (Å²) in [5, 5.41) is 3.07. The minimum atomic E-state index is -3.13. The van der Waals surface area contributed by atoms with Gasteiger partial charge in [-0.05, 0) is 64.8 Å². The van der Waals surface area contributed by atoms with E-state index in [2.05, 4.69) is 53.1 Å². The molecule has 1 aromatic carbocycles. The molecule has 0 amide bonds. The Morgan fingerprint density at radius 3 is 2.22 bits per heavy atom. The van der Waals surface area contributed by atoms with Crippen LogP contribution in [0.2, 0.25) is 0 Å². The van der Waals surface area contributed by atoms with Gasteiger partial charge in [0.2, 0.25) is 10.0 Å². The molecule has 0 unspecified atom stereocenters. The molecular formula is C20H35N3O3S. The number of morpholine rings is 1. The second kappa shape index (κ2) is 10.3. The van der Waals surface area contributed by atoms with Gasteiger partial charge >= 0.3 is 0 Å². The van der Waals surface area contributed by atoms with E-state index in [0.29, 0.717) is 6.54 Å². The number of hydrogen-bond donors (Lipinski definition) is 2. The van der Waals surface area contributed by atoms with E-state index in [1.807, 2.05) is 0 Å². The van der Waals surface area contributed by atoms with Gasteiger partial charge in [0.1, 0.15) is 0 Å². The summed E-state index contributed by atoms with van der Waals surface area (Å²) in [5.74, 6) is 0. The van der Waals surface area contributed by atoms with Crippen LogP contribution in [0, 0.1) is 0 Å². The zero-order valence-corrected chi connectivity index (χ0v) is 17.9. The van der Waals surface area contributed by atoms with Crippen molar-refractivity contribution in [2.75, 3.05) is 36.4 Å². The van der Waals surface area contributed by atoms with Gasteiger partial charge in [-0.15, -0.1) is 0 Å². The summed E-state index contributed by atoms with van der Waals surface area (Å²) in [5.41, 5.74) is 2.36. The normalized spacial score (nSPS) is 20.9. The maximum absolute atomic E-state index is 11.6. The van der Waals surface area contributed by atoms with Crippen molar-refractivity contribution in [1.82, 2.24) is 4.72 Å². The Morgan fingerprint density at radius 1 is 1.04 bits per heavy atom. The van der Waals surface area contributed by atoms with Gasteiger partial charge in [-0.25, -0.2) is 13.1 Å². The lowest BCUT2D eigenvalue weighted by Gasteiger charge is -2.36. The van der Waals surface area contributed by atoms with Gasteiger partial charge in [0, 0.05) is 37.6 Å². The molecule has 1 aliphatic heterocycles. The number of nitrogens with one attached hydrogen (secondary N) is 2. The quantitative estimate of drug-likeness (QED) is 0.593. The lowest BCUT2D eigenvalue weighted by atomic mass is 10.2. The Bertz CT molecular complexity index is 652. The summed E-state index contributed by atoms with van der Waals surface area (Å²) in [4.78, 5) is 2.38. The highest BCUT2D eigenvalue weighted by molar-refractivity contribution is 7.90. The molecule has 2 atom stereocenters. The number of benzene rings is 1. The molecule has 1 aliphatic rings. The predicted octanol–water partition coefficient (Wildman–Crippen LogP) is 3.21.